The molecule has 0 aliphatic rings. The SMILES string of the molecule is CCCC(N)c1cc(F)c(F)c(F)c1. The molecule has 0 saturated carbocycles. The number of nitrogens with two attached hydrogens (primary N) is 1. The van der Waals surface area contributed by atoms with Gasteiger partial charge in [-0.3, -0.25) is 0 Å². The predicted octanol–water partition coefficient (Wildman–Crippen LogP) is 2.90. The van der Waals surface area contributed by atoms with Crippen LogP contribution in [0.3, 0.4) is 0 Å². The van der Waals surface area contributed by atoms with Crippen molar-refractivity contribution in [1.29, 1.82) is 0 Å². The fourth-order valence-electron chi connectivity index (χ4n) is 1.27. The maximum absolute atomic E-state index is 12.8. The maximum Gasteiger partial charge on any atom is 0.194 e. The molecule has 4 heteroatoms. The lowest BCUT2D eigenvalue weighted by Crippen LogP contribution is -2.11. The summed E-state index contributed by atoms with van der Waals surface area (Å²) in [5.41, 5.74) is 5.93. The molecule has 0 fully saturated rings. The summed E-state index contributed by atoms with van der Waals surface area (Å²) in [6, 6.07) is 1.45. The Kier molecular flexibility index (Phi) is 3.52. The van der Waals surface area contributed by atoms with Gasteiger partial charge >= 0.3 is 0 Å². The van der Waals surface area contributed by atoms with Crippen molar-refractivity contribution in [1.82, 2.24) is 0 Å². The average Bonchev–Trinajstić information content (AvgIpc) is 2.13. The van der Waals surface area contributed by atoms with Crippen LogP contribution in [0.15, 0.2) is 12.1 Å². The van der Waals surface area contributed by atoms with Crippen LogP contribution in [0.2, 0.25) is 0 Å². The van der Waals surface area contributed by atoms with Crippen molar-refractivity contribution in [3.05, 3.63) is 35.1 Å². The normalized spacial score (nSPS) is 12.9. The van der Waals surface area contributed by atoms with E-state index in [1.165, 1.54) is 0 Å². The van der Waals surface area contributed by atoms with E-state index in [2.05, 4.69) is 0 Å². The summed E-state index contributed by atoms with van der Waals surface area (Å²) in [4.78, 5) is 0. The Labute approximate surface area is 80.7 Å². The Bertz CT molecular complexity index is 302. The first-order valence-electron chi connectivity index (χ1n) is 4.46. The first kappa shape index (κ1) is 11.0. The van der Waals surface area contributed by atoms with Crippen molar-refractivity contribution in [3.8, 4) is 0 Å². The zero-order chi connectivity index (χ0) is 10.7. The van der Waals surface area contributed by atoms with Gasteiger partial charge in [-0.05, 0) is 24.1 Å². The van der Waals surface area contributed by atoms with Gasteiger partial charge in [0.1, 0.15) is 0 Å². The Morgan fingerprint density at radius 1 is 1.21 bits per heavy atom. The van der Waals surface area contributed by atoms with Gasteiger partial charge in [0.2, 0.25) is 0 Å². The molecule has 0 aliphatic carbocycles. The lowest BCUT2D eigenvalue weighted by Gasteiger charge is -2.11. The minimum atomic E-state index is -1.45. The summed E-state index contributed by atoms with van der Waals surface area (Å²) in [5.74, 6) is -3.82. The number of halogens is 3. The second-order valence-corrected chi connectivity index (χ2v) is 3.19. The van der Waals surface area contributed by atoms with Crippen LogP contribution in [-0.2, 0) is 0 Å². The van der Waals surface area contributed by atoms with Crippen LogP contribution < -0.4 is 5.73 Å². The van der Waals surface area contributed by atoms with E-state index in [0.29, 0.717) is 12.0 Å². The molecule has 0 bridgehead atoms. The van der Waals surface area contributed by atoms with Crippen LogP contribution in [0.5, 0.6) is 0 Å². The Balaban J connectivity index is 3.00. The topological polar surface area (TPSA) is 26.0 Å². The molecule has 2 N–H and O–H groups in total. The highest BCUT2D eigenvalue weighted by molar-refractivity contribution is 5.22. The van der Waals surface area contributed by atoms with Gasteiger partial charge < -0.3 is 5.73 Å². The van der Waals surface area contributed by atoms with Crippen molar-refractivity contribution in [3.63, 3.8) is 0 Å². The Morgan fingerprint density at radius 3 is 2.14 bits per heavy atom. The molecule has 0 heterocycles. The molecule has 1 aromatic rings. The first-order valence-corrected chi connectivity index (χ1v) is 4.46. The molecule has 0 aromatic heterocycles. The summed E-state index contributed by atoms with van der Waals surface area (Å²) in [6.07, 6.45) is 1.42. The van der Waals surface area contributed by atoms with Crippen LogP contribution in [0.25, 0.3) is 0 Å². The first-order chi connectivity index (χ1) is 6.56. The highest BCUT2D eigenvalue weighted by Crippen LogP contribution is 2.20. The maximum atomic E-state index is 12.8. The lowest BCUT2D eigenvalue weighted by molar-refractivity contribution is 0.442. The van der Waals surface area contributed by atoms with E-state index in [9.17, 15) is 13.2 Å². The van der Waals surface area contributed by atoms with Crippen molar-refractivity contribution in [2.24, 2.45) is 5.73 Å². The molecule has 14 heavy (non-hydrogen) atoms. The second-order valence-electron chi connectivity index (χ2n) is 3.19. The molecule has 0 radical (unpaired) electrons. The number of hydrogen-bond acceptors (Lipinski definition) is 1. The standard InChI is InChI=1S/C10H12F3N/c1-2-3-9(14)6-4-7(11)10(13)8(12)5-6/h4-5,9H,2-3,14H2,1H3. The van der Waals surface area contributed by atoms with Gasteiger partial charge in [-0.25, -0.2) is 13.2 Å². The molecule has 0 saturated heterocycles. The summed E-state index contributed by atoms with van der Waals surface area (Å²) in [6.45, 7) is 1.91. The minimum Gasteiger partial charge on any atom is -0.324 e. The van der Waals surface area contributed by atoms with E-state index >= 15 is 0 Å². The fraction of sp³-hybridized carbons (Fsp3) is 0.400. The van der Waals surface area contributed by atoms with E-state index in [1.54, 1.807) is 0 Å². The van der Waals surface area contributed by atoms with Crippen LogP contribution >= 0.6 is 0 Å². The van der Waals surface area contributed by atoms with E-state index in [0.717, 1.165) is 18.6 Å². The van der Waals surface area contributed by atoms with Crippen LogP contribution in [-0.4, -0.2) is 0 Å². The Morgan fingerprint density at radius 2 is 1.71 bits per heavy atom. The van der Waals surface area contributed by atoms with Crippen molar-refractivity contribution < 1.29 is 13.2 Å². The molecule has 78 valence electrons. The van der Waals surface area contributed by atoms with Crippen molar-refractivity contribution in [2.45, 2.75) is 25.8 Å². The fourth-order valence-corrected chi connectivity index (χ4v) is 1.27. The van der Waals surface area contributed by atoms with Crippen LogP contribution in [0.1, 0.15) is 31.4 Å². The molecule has 0 aliphatic heterocycles. The van der Waals surface area contributed by atoms with Crippen LogP contribution in [0, 0.1) is 17.5 Å². The van der Waals surface area contributed by atoms with Gasteiger partial charge in [0.05, 0.1) is 0 Å². The molecule has 1 unspecified atom stereocenters. The molecule has 1 rings (SSSR count). The zero-order valence-corrected chi connectivity index (χ0v) is 7.86. The van der Waals surface area contributed by atoms with E-state index in [4.69, 9.17) is 5.73 Å². The number of rotatable bonds is 3. The van der Waals surface area contributed by atoms with Crippen molar-refractivity contribution >= 4 is 0 Å². The third kappa shape index (κ3) is 2.26. The third-order valence-corrected chi connectivity index (χ3v) is 2.03. The summed E-state index contributed by atoms with van der Waals surface area (Å²) in [5, 5.41) is 0. The summed E-state index contributed by atoms with van der Waals surface area (Å²) >= 11 is 0. The zero-order valence-electron chi connectivity index (χ0n) is 7.86. The second kappa shape index (κ2) is 4.46. The molecule has 1 atom stereocenters. The number of benzene rings is 1. The smallest absolute Gasteiger partial charge is 0.194 e. The Hall–Kier alpha value is -1.03. The number of hydrogen-bond donors (Lipinski definition) is 1. The van der Waals surface area contributed by atoms with Crippen LogP contribution in [0.4, 0.5) is 13.2 Å². The van der Waals surface area contributed by atoms with E-state index in [-0.39, 0.29) is 0 Å². The van der Waals surface area contributed by atoms with Gasteiger partial charge in [0.25, 0.3) is 0 Å². The average molecular weight is 203 g/mol. The highest BCUT2D eigenvalue weighted by Gasteiger charge is 2.13. The van der Waals surface area contributed by atoms with Gasteiger partial charge in [0, 0.05) is 6.04 Å². The quantitative estimate of drug-likeness (QED) is 0.751. The van der Waals surface area contributed by atoms with Gasteiger partial charge in [-0.2, -0.15) is 0 Å². The molecular weight excluding hydrogens is 191 g/mol. The van der Waals surface area contributed by atoms with Gasteiger partial charge in [-0.15, -0.1) is 0 Å². The van der Waals surface area contributed by atoms with E-state index < -0.39 is 23.5 Å². The molecular formula is C10H12F3N. The predicted molar refractivity (Wildman–Crippen MR) is 48.2 cm³/mol. The monoisotopic (exact) mass is 203 g/mol. The highest BCUT2D eigenvalue weighted by atomic mass is 19.2. The molecule has 1 aromatic carbocycles. The summed E-state index contributed by atoms with van der Waals surface area (Å²) in [7, 11) is 0. The molecule has 0 amide bonds. The van der Waals surface area contributed by atoms with E-state index in [1.807, 2.05) is 6.92 Å². The third-order valence-electron chi connectivity index (χ3n) is 2.03. The minimum absolute atomic E-state index is 0.295. The molecule has 0 spiro atoms. The van der Waals surface area contributed by atoms with Gasteiger partial charge in [-0.1, -0.05) is 13.3 Å². The molecule has 1 nitrogen and oxygen atoms in total. The largest absolute Gasteiger partial charge is 0.324 e. The van der Waals surface area contributed by atoms with Crippen molar-refractivity contribution in [2.75, 3.05) is 0 Å². The summed E-state index contributed by atoms with van der Waals surface area (Å²) < 4.78 is 38.1. The lowest BCUT2D eigenvalue weighted by atomic mass is 10.0. The van der Waals surface area contributed by atoms with Gasteiger partial charge in [0.15, 0.2) is 17.5 Å².